The summed E-state index contributed by atoms with van der Waals surface area (Å²) in [5.41, 5.74) is 1.18. The Morgan fingerprint density at radius 2 is 1.78 bits per heavy atom. The lowest BCUT2D eigenvalue weighted by Crippen LogP contribution is -2.49. The molecule has 0 saturated carbocycles. The maximum Gasteiger partial charge on any atom is 0.344 e. The Balaban J connectivity index is 1.33. The normalized spacial score (nSPS) is 14.4. The zero-order valence-corrected chi connectivity index (χ0v) is 18.3. The molecule has 0 spiro atoms. The quantitative estimate of drug-likeness (QED) is 0.530. The van der Waals surface area contributed by atoms with E-state index in [1.54, 1.807) is 17.0 Å². The Morgan fingerprint density at radius 1 is 1.06 bits per heavy atom. The summed E-state index contributed by atoms with van der Waals surface area (Å²) in [4.78, 5) is 28.1. The first-order valence-corrected chi connectivity index (χ1v) is 10.6. The van der Waals surface area contributed by atoms with E-state index >= 15 is 0 Å². The minimum atomic E-state index is -0.307. The minimum Gasteiger partial charge on any atom is -0.457 e. The zero-order valence-electron chi connectivity index (χ0n) is 17.5. The van der Waals surface area contributed by atoms with Gasteiger partial charge in [-0.25, -0.2) is 9.18 Å². The Kier molecular flexibility index (Phi) is 6.53. The molecule has 1 aromatic heterocycles. The van der Waals surface area contributed by atoms with Crippen molar-refractivity contribution in [2.75, 3.05) is 26.2 Å². The van der Waals surface area contributed by atoms with E-state index in [0.29, 0.717) is 44.2 Å². The topological polar surface area (TPSA) is 67.7 Å². The zero-order chi connectivity index (χ0) is 22.7. The summed E-state index contributed by atoms with van der Waals surface area (Å²) in [6.45, 7) is 4.55. The number of amides is 1. The Morgan fingerprint density at radius 3 is 2.44 bits per heavy atom. The lowest BCUT2D eigenvalue weighted by Gasteiger charge is -2.34. The molecule has 0 atom stereocenters. The summed E-state index contributed by atoms with van der Waals surface area (Å²) in [6, 6.07) is 13.3. The van der Waals surface area contributed by atoms with E-state index in [2.05, 4.69) is 10.00 Å². The van der Waals surface area contributed by atoms with Crippen LogP contribution in [0.15, 0.2) is 54.7 Å². The monoisotopic (exact) mass is 456 g/mol. The molecule has 4 rings (SSSR count). The lowest BCUT2D eigenvalue weighted by atomic mass is 10.2. The fraction of sp³-hybridized carbons (Fsp3) is 0.261. The molecule has 7 nitrogen and oxygen atoms in total. The van der Waals surface area contributed by atoms with Crippen LogP contribution in [0.3, 0.4) is 0 Å². The molecule has 1 amide bonds. The summed E-state index contributed by atoms with van der Waals surface area (Å²) in [7, 11) is 0. The van der Waals surface area contributed by atoms with Crippen LogP contribution < -0.4 is 4.74 Å². The van der Waals surface area contributed by atoms with E-state index in [9.17, 15) is 14.0 Å². The molecule has 3 aromatic rings. The predicted octanol–water partition coefficient (Wildman–Crippen LogP) is 4.46. The smallest absolute Gasteiger partial charge is 0.344 e. The molecule has 1 saturated heterocycles. The van der Waals surface area contributed by atoms with Gasteiger partial charge in [0.15, 0.2) is 5.78 Å². The maximum absolute atomic E-state index is 13.1. The number of halogens is 2. The number of hydrogen-bond acceptors (Lipinski definition) is 5. The fourth-order valence-corrected chi connectivity index (χ4v) is 3.80. The van der Waals surface area contributed by atoms with Gasteiger partial charge in [-0.2, -0.15) is 9.78 Å². The van der Waals surface area contributed by atoms with Crippen molar-refractivity contribution in [1.82, 2.24) is 19.6 Å². The van der Waals surface area contributed by atoms with Crippen LogP contribution in [0.2, 0.25) is 5.02 Å². The first-order chi connectivity index (χ1) is 15.4. The third-order valence-corrected chi connectivity index (χ3v) is 5.47. The standard InChI is InChI=1S/C23H22ClFN4O3/c1-16(30)22-21(24)15-29(26-22)23(31)28-11-9-27(10-12-28)14-17-3-2-4-20(13-17)32-19-7-5-18(25)6-8-19/h2-8,13,15H,9-12,14H2,1H3. The van der Waals surface area contributed by atoms with Gasteiger partial charge in [0.2, 0.25) is 0 Å². The van der Waals surface area contributed by atoms with Crippen molar-refractivity contribution in [1.29, 1.82) is 0 Å². The van der Waals surface area contributed by atoms with Crippen LogP contribution in [-0.2, 0) is 6.54 Å². The molecule has 2 heterocycles. The van der Waals surface area contributed by atoms with Crippen LogP contribution in [0.1, 0.15) is 23.0 Å². The molecule has 1 aliphatic rings. The molecule has 32 heavy (non-hydrogen) atoms. The maximum atomic E-state index is 13.1. The van der Waals surface area contributed by atoms with Crippen molar-refractivity contribution in [2.45, 2.75) is 13.5 Å². The Bertz CT molecular complexity index is 1120. The average Bonchev–Trinajstić information content (AvgIpc) is 3.18. The van der Waals surface area contributed by atoms with Gasteiger partial charge in [0, 0.05) is 39.6 Å². The van der Waals surface area contributed by atoms with Gasteiger partial charge in [0.1, 0.15) is 23.0 Å². The number of benzene rings is 2. The average molecular weight is 457 g/mol. The Hall–Kier alpha value is -3.23. The molecule has 0 aliphatic carbocycles. The van der Waals surface area contributed by atoms with Gasteiger partial charge < -0.3 is 9.64 Å². The van der Waals surface area contributed by atoms with Gasteiger partial charge in [0.25, 0.3) is 0 Å². The van der Waals surface area contributed by atoms with Crippen molar-refractivity contribution in [3.05, 3.63) is 76.8 Å². The summed E-state index contributed by atoms with van der Waals surface area (Å²) in [5, 5.41) is 4.19. The van der Waals surface area contributed by atoms with Gasteiger partial charge in [0.05, 0.1) is 11.2 Å². The van der Waals surface area contributed by atoms with E-state index in [4.69, 9.17) is 16.3 Å². The highest BCUT2D eigenvalue weighted by atomic mass is 35.5. The van der Waals surface area contributed by atoms with E-state index < -0.39 is 0 Å². The van der Waals surface area contributed by atoms with Crippen molar-refractivity contribution >= 4 is 23.4 Å². The molecule has 1 fully saturated rings. The molecular formula is C23H22ClFN4O3. The van der Waals surface area contributed by atoms with E-state index in [1.807, 2.05) is 24.3 Å². The van der Waals surface area contributed by atoms with Crippen molar-refractivity contribution in [2.24, 2.45) is 0 Å². The number of hydrogen-bond donors (Lipinski definition) is 0. The summed E-state index contributed by atoms with van der Waals surface area (Å²) in [5.74, 6) is 0.665. The predicted molar refractivity (Wildman–Crippen MR) is 118 cm³/mol. The third kappa shape index (κ3) is 5.15. The van der Waals surface area contributed by atoms with Crippen LogP contribution in [0.4, 0.5) is 9.18 Å². The van der Waals surface area contributed by atoms with Crippen LogP contribution >= 0.6 is 11.6 Å². The second-order valence-corrected chi connectivity index (χ2v) is 7.98. The van der Waals surface area contributed by atoms with Gasteiger partial charge in [-0.05, 0) is 42.0 Å². The first-order valence-electron chi connectivity index (χ1n) is 10.2. The van der Waals surface area contributed by atoms with Gasteiger partial charge in [-0.15, -0.1) is 0 Å². The molecule has 2 aromatic carbocycles. The van der Waals surface area contributed by atoms with Crippen molar-refractivity contribution in [3.8, 4) is 11.5 Å². The highest BCUT2D eigenvalue weighted by Crippen LogP contribution is 2.23. The number of ketones is 1. The van der Waals surface area contributed by atoms with Gasteiger partial charge in [-0.3, -0.25) is 9.69 Å². The Labute approximate surface area is 189 Å². The van der Waals surface area contributed by atoms with E-state index in [0.717, 1.165) is 10.2 Å². The number of ether oxygens (including phenoxy) is 1. The summed E-state index contributed by atoms with van der Waals surface area (Å²) < 4.78 is 20.0. The molecule has 166 valence electrons. The van der Waals surface area contributed by atoms with Gasteiger partial charge >= 0.3 is 6.03 Å². The second kappa shape index (κ2) is 9.50. The molecule has 0 N–H and O–H groups in total. The number of carbonyl (C=O) groups is 2. The molecule has 0 radical (unpaired) electrons. The van der Waals surface area contributed by atoms with Crippen LogP contribution in [0.25, 0.3) is 0 Å². The van der Waals surface area contributed by atoms with Crippen molar-refractivity contribution in [3.63, 3.8) is 0 Å². The summed E-state index contributed by atoms with van der Waals surface area (Å²) >= 11 is 6.00. The molecule has 0 bridgehead atoms. The fourth-order valence-electron chi connectivity index (χ4n) is 3.54. The highest BCUT2D eigenvalue weighted by molar-refractivity contribution is 6.33. The second-order valence-electron chi connectivity index (χ2n) is 7.58. The first kappa shape index (κ1) is 22.0. The van der Waals surface area contributed by atoms with Crippen LogP contribution in [-0.4, -0.2) is 57.6 Å². The molecular weight excluding hydrogens is 435 g/mol. The number of rotatable bonds is 5. The number of piperazine rings is 1. The number of aromatic nitrogens is 2. The molecule has 1 aliphatic heterocycles. The van der Waals surface area contributed by atoms with Crippen LogP contribution in [0, 0.1) is 5.82 Å². The van der Waals surface area contributed by atoms with E-state index in [-0.39, 0.29) is 28.3 Å². The summed E-state index contributed by atoms with van der Waals surface area (Å²) in [6.07, 6.45) is 1.37. The minimum absolute atomic E-state index is 0.0985. The number of Topliss-reactive ketones (excluding diaryl/α,β-unsaturated/α-hetero) is 1. The van der Waals surface area contributed by atoms with Crippen molar-refractivity contribution < 1.29 is 18.7 Å². The number of nitrogens with zero attached hydrogens (tertiary/aromatic N) is 4. The number of carbonyl (C=O) groups excluding carboxylic acids is 2. The van der Waals surface area contributed by atoms with Gasteiger partial charge in [-0.1, -0.05) is 23.7 Å². The largest absolute Gasteiger partial charge is 0.457 e. The third-order valence-electron chi connectivity index (χ3n) is 5.20. The van der Waals surface area contributed by atoms with E-state index in [1.165, 1.54) is 25.3 Å². The van der Waals surface area contributed by atoms with Crippen LogP contribution in [0.5, 0.6) is 11.5 Å². The highest BCUT2D eigenvalue weighted by Gasteiger charge is 2.24. The molecule has 9 heteroatoms. The lowest BCUT2D eigenvalue weighted by molar-refractivity contribution is 0.101. The SMILES string of the molecule is CC(=O)c1nn(C(=O)N2CCN(Cc3cccc(Oc4ccc(F)cc4)c3)CC2)cc1Cl. The molecule has 0 unspecified atom stereocenters.